The number of amides is 1. The van der Waals surface area contributed by atoms with Crippen LogP contribution in [-0.4, -0.2) is 39.7 Å². The summed E-state index contributed by atoms with van der Waals surface area (Å²) in [5.41, 5.74) is 11.3. The van der Waals surface area contributed by atoms with Gasteiger partial charge in [0, 0.05) is 18.8 Å². The van der Waals surface area contributed by atoms with Crippen LogP contribution >= 0.6 is 0 Å². The van der Waals surface area contributed by atoms with Gasteiger partial charge in [-0.3, -0.25) is 9.36 Å². The van der Waals surface area contributed by atoms with Crippen LogP contribution in [0.1, 0.15) is 36.2 Å². The molecule has 0 saturated heterocycles. The van der Waals surface area contributed by atoms with E-state index in [9.17, 15) is 4.79 Å². The number of para-hydroxylation sites is 2. The minimum Gasteiger partial charge on any atom is -0.384 e. The molecule has 160 valence electrons. The summed E-state index contributed by atoms with van der Waals surface area (Å²) in [5, 5.41) is 2.95. The number of nitrogens with two attached hydrogens (primary N) is 1. The first-order chi connectivity index (χ1) is 15.0. The molecular weight excluding hydrogens is 390 g/mol. The van der Waals surface area contributed by atoms with E-state index in [1.165, 1.54) is 0 Å². The lowest BCUT2D eigenvalue weighted by Crippen LogP contribution is -2.26. The average Bonchev–Trinajstić information content (AvgIpc) is 3.02. The predicted molar refractivity (Wildman–Crippen MR) is 124 cm³/mol. The molecule has 2 aromatic heterocycles. The monoisotopic (exact) mass is 417 g/mol. The normalized spacial score (nSPS) is 11.5. The molecule has 0 bridgehead atoms. The topological polar surface area (TPSA) is 95.1 Å². The lowest BCUT2D eigenvalue weighted by molar-refractivity contribution is 0.0757. The Morgan fingerprint density at radius 3 is 2.58 bits per heavy atom. The van der Waals surface area contributed by atoms with Crippen molar-refractivity contribution in [2.24, 2.45) is 0 Å². The number of carbonyl (C=O) groups is 1. The maximum Gasteiger partial charge on any atom is 0.257 e. The highest BCUT2D eigenvalue weighted by atomic mass is 16.5. The van der Waals surface area contributed by atoms with Crippen molar-refractivity contribution in [3.63, 3.8) is 0 Å². The van der Waals surface area contributed by atoms with Crippen molar-refractivity contribution in [2.45, 2.75) is 33.3 Å². The molecule has 0 atom stereocenters. The van der Waals surface area contributed by atoms with Crippen molar-refractivity contribution in [3.05, 3.63) is 59.7 Å². The van der Waals surface area contributed by atoms with E-state index in [1.54, 1.807) is 4.57 Å². The lowest BCUT2D eigenvalue weighted by Gasteiger charge is -2.09. The number of benzene rings is 2. The van der Waals surface area contributed by atoms with E-state index in [4.69, 9.17) is 20.4 Å². The Labute approximate surface area is 181 Å². The van der Waals surface area contributed by atoms with Crippen molar-refractivity contribution in [1.82, 2.24) is 19.9 Å². The van der Waals surface area contributed by atoms with E-state index >= 15 is 0 Å². The van der Waals surface area contributed by atoms with Crippen molar-refractivity contribution < 1.29 is 9.53 Å². The van der Waals surface area contributed by atoms with E-state index in [-0.39, 0.29) is 12.0 Å². The number of aromatic nitrogens is 3. The van der Waals surface area contributed by atoms with E-state index in [2.05, 4.69) is 5.32 Å². The van der Waals surface area contributed by atoms with Crippen molar-refractivity contribution in [1.29, 1.82) is 0 Å². The van der Waals surface area contributed by atoms with E-state index in [0.29, 0.717) is 35.7 Å². The molecule has 4 aromatic rings. The number of nitrogen functional groups attached to an aromatic ring is 1. The second-order valence-corrected chi connectivity index (χ2v) is 7.85. The lowest BCUT2D eigenvalue weighted by atomic mass is 10.2. The standard InChI is InChI=1S/C24H27N5O2/c1-15(2)31-13-7-12-26-24(30)20-21-23(28-19-11-5-4-10-18(19)27-21)29(22(20)25)17-9-6-8-16(3)14-17/h4-6,8-11,14-15H,7,12-13,25H2,1-3H3,(H,26,30). The third-order valence-corrected chi connectivity index (χ3v) is 5.04. The maximum atomic E-state index is 13.1. The number of fused-ring (bicyclic) bond motifs is 2. The van der Waals surface area contributed by atoms with Gasteiger partial charge in [-0.2, -0.15) is 0 Å². The molecule has 0 unspecified atom stereocenters. The van der Waals surface area contributed by atoms with Crippen LogP contribution in [0.2, 0.25) is 0 Å². The summed E-state index contributed by atoms with van der Waals surface area (Å²) in [6.45, 7) is 7.07. The third kappa shape index (κ3) is 4.22. The van der Waals surface area contributed by atoms with Gasteiger partial charge in [0.25, 0.3) is 5.91 Å². The Morgan fingerprint density at radius 2 is 1.87 bits per heavy atom. The molecule has 0 spiro atoms. The van der Waals surface area contributed by atoms with Crippen LogP contribution in [-0.2, 0) is 4.74 Å². The number of aryl methyl sites for hydroxylation is 1. The predicted octanol–water partition coefficient (Wildman–Crippen LogP) is 4.01. The van der Waals surface area contributed by atoms with E-state index in [0.717, 1.165) is 28.7 Å². The Hall–Kier alpha value is -3.45. The molecule has 0 saturated carbocycles. The smallest absolute Gasteiger partial charge is 0.257 e. The summed E-state index contributed by atoms with van der Waals surface area (Å²) in [7, 11) is 0. The molecule has 31 heavy (non-hydrogen) atoms. The summed E-state index contributed by atoms with van der Waals surface area (Å²) in [6, 6.07) is 15.5. The Bertz CT molecular complexity index is 1250. The third-order valence-electron chi connectivity index (χ3n) is 5.04. The van der Waals surface area contributed by atoms with Gasteiger partial charge in [-0.15, -0.1) is 0 Å². The van der Waals surface area contributed by atoms with Crippen LogP contribution in [0.5, 0.6) is 0 Å². The number of hydrogen-bond acceptors (Lipinski definition) is 5. The molecular formula is C24H27N5O2. The Kier molecular flexibility index (Phi) is 5.86. The molecule has 3 N–H and O–H groups in total. The van der Waals surface area contributed by atoms with Gasteiger partial charge < -0.3 is 15.8 Å². The number of hydrogen-bond donors (Lipinski definition) is 2. The minimum absolute atomic E-state index is 0.169. The maximum absolute atomic E-state index is 13.1. The van der Waals surface area contributed by atoms with Crippen molar-refractivity contribution in [3.8, 4) is 5.69 Å². The van der Waals surface area contributed by atoms with Crippen LogP contribution < -0.4 is 11.1 Å². The van der Waals surface area contributed by atoms with Gasteiger partial charge in [0.15, 0.2) is 5.65 Å². The van der Waals surface area contributed by atoms with Crippen LogP contribution in [0, 0.1) is 6.92 Å². The molecule has 0 aliphatic rings. The minimum atomic E-state index is -0.261. The first-order valence-electron chi connectivity index (χ1n) is 10.5. The average molecular weight is 418 g/mol. The van der Waals surface area contributed by atoms with Crippen LogP contribution in [0.3, 0.4) is 0 Å². The molecule has 0 fully saturated rings. The molecule has 7 nitrogen and oxygen atoms in total. The zero-order valence-corrected chi connectivity index (χ0v) is 18.1. The van der Waals surface area contributed by atoms with Crippen LogP contribution in [0.25, 0.3) is 27.9 Å². The van der Waals surface area contributed by atoms with Gasteiger partial charge in [0.2, 0.25) is 0 Å². The summed E-state index contributed by atoms with van der Waals surface area (Å²) in [6.07, 6.45) is 0.886. The summed E-state index contributed by atoms with van der Waals surface area (Å²) in [4.78, 5) is 22.7. The Morgan fingerprint density at radius 1 is 1.13 bits per heavy atom. The molecule has 1 amide bonds. The summed E-state index contributed by atoms with van der Waals surface area (Å²) < 4.78 is 7.35. The van der Waals surface area contributed by atoms with Gasteiger partial charge in [-0.1, -0.05) is 24.3 Å². The van der Waals surface area contributed by atoms with Crippen molar-refractivity contribution >= 4 is 33.9 Å². The molecule has 0 aliphatic carbocycles. The number of anilines is 1. The number of ether oxygens (including phenoxy) is 1. The number of nitrogens with zero attached hydrogens (tertiary/aromatic N) is 3. The molecule has 7 heteroatoms. The van der Waals surface area contributed by atoms with Crippen LogP contribution in [0.15, 0.2) is 48.5 Å². The number of carbonyl (C=O) groups excluding carboxylic acids is 1. The SMILES string of the molecule is Cc1cccc(-n2c(N)c(C(=O)NCCCOC(C)C)c3nc4ccccc4nc32)c1. The number of rotatable bonds is 7. The van der Waals surface area contributed by atoms with Crippen LogP contribution in [0.4, 0.5) is 5.82 Å². The zero-order chi connectivity index (χ0) is 22.0. The second kappa shape index (κ2) is 8.73. The fraction of sp³-hybridized carbons (Fsp3) is 0.292. The summed E-state index contributed by atoms with van der Waals surface area (Å²) >= 11 is 0. The van der Waals surface area contributed by atoms with E-state index in [1.807, 2.05) is 69.3 Å². The molecule has 4 rings (SSSR count). The fourth-order valence-electron chi connectivity index (χ4n) is 3.60. The van der Waals surface area contributed by atoms with Crippen molar-refractivity contribution in [2.75, 3.05) is 18.9 Å². The zero-order valence-electron chi connectivity index (χ0n) is 18.1. The van der Waals surface area contributed by atoms with Gasteiger partial charge in [0.05, 0.1) is 17.1 Å². The van der Waals surface area contributed by atoms with Gasteiger partial charge in [-0.05, 0) is 57.0 Å². The van der Waals surface area contributed by atoms with Gasteiger partial charge >= 0.3 is 0 Å². The fourth-order valence-corrected chi connectivity index (χ4v) is 3.60. The number of nitrogens with one attached hydrogen (secondary N) is 1. The first-order valence-corrected chi connectivity index (χ1v) is 10.5. The first kappa shape index (κ1) is 20.8. The highest BCUT2D eigenvalue weighted by Crippen LogP contribution is 2.31. The highest BCUT2D eigenvalue weighted by Gasteiger charge is 2.24. The quantitative estimate of drug-likeness (QED) is 0.443. The Balaban J connectivity index is 1.78. The van der Waals surface area contributed by atoms with Gasteiger partial charge in [0.1, 0.15) is 16.9 Å². The van der Waals surface area contributed by atoms with E-state index < -0.39 is 0 Å². The summed E-state index contributed by atoms with van der Waals surface area (Å²) in [5.74, 6) is 0.0647. The highest BCUT2D eigenvalue weighted by molar-refractivity contribution is 6.11. The molecule has 0 aliphatic heterocycles. The molecule has 0 radical (unpaired) electrons. The largest absolute Gasteiger partial charge is 0.384 e. The molecule has 2 heterocycles. The second-order valence-electron chi connectivity index (χ2n) is 7.85. The van der Waals surface area contributed by atoms with Gasteiger partial charge in [-0.25, -0.2) is 9.97 Å². The molecule has 2 aromatic carbocycles.